The highest BCUT2D eigenvalue weighted by atomic mass is 33.1. The van der Waals surface area contributed by atoms with E-state index in [4.69, 9.17) is 0 Å². The summed E-state index contributed by atoms with van der Waals surface area (Å²) in [6.07, 6.45) is 27.2. The van der Waals surface area contributed by atoms with Crippen molar-refractivity contribution in [1.82, 2.24) is 10.6 Å². The molecule has 51 heavy (non-hydrogen) atoms. The van der Waals surface area contributed by atoms with E-state index in [0.717, 1.165) is 60.8 Å². The largest absolute Gasteiger partial charge is 0.508 e. The molecule has 4 bridgehead atoms. The minimum Gasteiger partial charge on any atom is -0.508 e. The maximum Gasteiger partial charge on any atom is 0.116 e. The second-order valence-corrected chi connectivity index (χ2v) is 21.3. The fourth-order valence-electron chi connectivity index (χ4n) is 12.6. The average Bonchev–Trinajstić information content (AvgIpc) is 3.50. The number of allylic oxidation sites excluding steroid dienone is 2. The molecule has 0 saturated heterocycles. The quantitative estimate of drug-likeness (QED) is 0.217. The number of hydrogen-bond donors (Lipinski definition) is 3. The number of fused-ring (bicyclic) bond motifs is 8. The van der Waals surface area contributed by atoms with E-state index < -0.39 is 0 Å². The Balaban J connectivity index is 1.10. The van der Waals surface area contributed by atoms with Gasteiger partial charge in [0.15, 0.2) is 0 Å². The number of aromatic hydroxyl groups is 1. The van der Waals surface area contributed by atoms with Crippen molar-refractivity contribution in [3.8, 4) is 5.75 Å². The molecule has 2 spiro atoms. The maximum absolute atomic E-state index is 11.2. The lowest BCUT2D eigenvalue weighted by Crippen LogP contribution is -2.52. The smallest absolute Gasteiger partial charge is 0.116 e. The highest BCUT2D eigenvalue weighted by Crippen LogP contribution is 2.67. The molecule has 4 fully saturated rings. The van der Waals surface area contributed by atoms with E-state index >= 15 is 0 Å². The van der Waals surface area contributed by atoms with E-state index in [1.807, 2.05) is 6.07 Å². The van der Waals surface area contributed by atoms with Crippen molar-refractivity contribution in [3.63, 3.8) is 0 Å². The zero-order valence-electron chi connectivity index (χ0n) is 31.7. The van der Waals surface area contributed by atoms with Crippen molar-refractivity contribution >= 4 is 21.6 Å². The van der Waals surface area contributed by atoms with Crippen molar-refractivity contribution in [3.05, 3.63) is 76.9 Å². The Morgan fingerprint density at radius 3 is 2.59 bits per heavy atom. The fourth-order valence-corrected chi connectivity index (χ4v) is 15.3. The van der Waals surface area contributed by atoms with Gasteiger partial charge in [0, 0.05) is 30.1 Å². The first-order chi connectivity index (χ1) is 24.8. The topological polar surface area (TPSA) is 44.3 Å². The van der Waals surface area contributed by atoms with E-state index in [1.165, 1.54) is 124 Å². The Morgan fingerprint density at radius 1 is 0.902 bits per heavy atom. The molecule has 9 atom stereocenters. The van der Waals surface area contributed by atoms with Crippen LogP contribution in [0.5, 0.6) is 5.75 Å². The predicted octanol–water partition coefficient (Wildman–Crippen LogP) is 11.1. The van der Waals surface area contributed by atoms with Gasteiger partial charge in [0.05, 0.1) is 0 Å². The first-order valence-electron chi connectivity index (χ1n) is 21.1. The number of phenols is 1. The van der Waals surface area contributed by atoms with Gasteiger partial charge in [-0.05, 0) is 178 Å². The van der Waals surface area contributed by atoms with E-state index in [0.29, 0.717) is 28.5 Å². The van der Waals surface area contributed by atoms with Gasteiger partial charge in [-0.15, -0.1) is 0 Å². The molecule has 1 aliphatic heterocycles. The van der Waals surface area contributed by atoms with Gasteiger partial charge in [-0.1, -0.05) is 90.3 Å². The summed E-state index contributed by atoms with van der Waals surface area (Å²) in [7, 11) is 4.26. The zero-order chi connectivity index (χ0) is 34.8. The van der Waals surface area contributed by atoms with Crippen LogP contribution in [0.15, 0.2) is 54.6 Å². The number of nitrogens with one attached hydrogen (secondary N) is 2. The third kappa shape index (κ3) is 8.63. The molecule has 1 heterocycles. The van der Waals surface area contributed by atoms with Gasteiger partial charge >= 0.3 is 0 Å². The Hall–Kier alpha value is -1.40. The van der Waals surface area contributed by atoms with Crippen molar-refractivity contribution in [1.29, 1.82) is 0 Å². The first kappa shape index (κ1) is 36.6. The summed E-state index contributed by atoms with van der Waals surface area (Å²) in [5.41, 5.74) is 6.25. The van der Waals surface area contributed by atoms with Crippen molar-refractivity contribution in [2.45, 2.75) is 135 Å². The third-order valence-electron chi connectivity index (χ3n) is 14.7. The van der Waals surface area contributed by atoms with Gasteiger partial charge in [-0.2, -0.15) is 0 Å². The second kappa shape index (κ2) is 16.1. The molecule has 3 N–H and O–H groups in total. The summed E-state index contributed by atoms with van der Waals surface area (Å²) in [4.78, 5) is 0. The lowest BCUT2D eigenvalue weighted by atomic mass is 9.44. The van der Waals surface area contributed by atoms with E-state index in [-0.39, 0.29) is 0 Å². The van der Waals surface area contributed by atoms with Gasteiger partial charge in [0.1, 0.15) is 5.75 Å². The molecule has 4 saturated carbocycles. The number of phenolic OH excluding ortho intramolecular Hbond substituents is 1. The highest BCUT2D eigenvalue weighted by molar-refractivity contribution is 8.76. The second-order valence-electron chi connectivity index (χ2n) is 18.8. The summed E-state index contributed by atoms with van der Waals surface area (Å²) >= 11 is 0. The van der Waals surface area contributed by atoms with Crippen LogP contribution >= 0.6 is 21.6 Å². The zero-order valence-corrected chi connectivity index (χ0v) is 33.4. The van der Waals surface area contributed by atoms with E-state index in [9.17, 15) is 5.11 Å². The molecule has 6 aliphatic rings. The van der Waals surface area contributed by atoms with Crippen molar-refractivity contribution in [2.24, 2.45) is 46.3 Å². The monoisotopic (exact) mass is 726 g/mol. The third-order valence-corrected chi connectivity index (χ3v) is 17.4. The van der Waals surface area contributed by atoms with Crippen LogP contribution in [0.1, 0.15) is 126 Å². The minimum atomic E-state index is 0.367. The molecule has 0 radical (unpaired) electrons. The van der Waals surface area contributed by atoms with Gasteiger partial charge in [0.2, 0.25) is 0 Å². The predicted molar refractivity (Wildman–Crippen MR) is 219 cm³/mol. The molecule has 0 amide bonds. The SMILES string of the molecule is C[C@H]1CC=C[C@]2(C1)C[C@]1(CC[C@@H](CNC3CCCCC3)C1)C[C@@H]1[C@H]3Cc4cc(O)cc(c4)Cc4ccccc4CN[C@H](C)CSSC[C@@H](C3)C[C@@H]12. The molecule has 278 valence electrons. The summed E-state index contributed by atoms with van der Waals surface area (Å²) < 4.78 is 0. The van der Waals surface area contributed by atoms with Crippen molar-refractivity contribution in [2.75, 3.05) is 18.1 Å². The van der Waals surface area contributed by atoms with Gasteiger partial charge in [-0.3, -0.25) is 0 Å². The van der Waals surface area contributed by atoms with E-state index in [1.54, 1.807) is 0 Å². The average molecular weight is 727 g/mol. The number of benzene rings is 2. The Bertz CT molecular complexity index is 1500. The summed E-state index contributed by atoms with van der Waals surface area (Å²) in [5, 5.41) is 19.1. The normalized spacial score (nSPS) is 37.9. The van der Waals surface area contributed by atoms with Gasteiger partial charge in [-0.25, -0.2) is 0 Å². The first-order valence-corrected chi connectivity index (χ1v) is 23.6. The van der Waals surface area contributed by atoms with Crippen LogP contribution in [0.3, 0.4) is 0 Å². The summed E-state index contributed by atoms with van der Waals surface area (Å²) in [5.74, 6) is 7.56. The Kier molecular flexibility index (Phi) is 11.6. The van der Waals surface area contributed by atoms with Gasteiger partial charge < -0.3 is 15.7 Å². The molecule has 5 heteroatoms. The van der Waals surface area contributed by atoms with Crippen LogP contribution in [-0.4, -0.2) is 35.2 Å². The molecule has 0 unspecified atom stereocenters. The molecular formula is C46H66N2OS2. The van der Waals surface area contributed by atoms with Crippen molar-refractivity contribution < 1.29 is 5.11 Å². The molecule has 5 aliphatic carbocycles. The van der Waals surface area contributed by atoms with Gasteiger partial charge in [0.25, 0.3) is 0 Å². The molecule has 2 aromatic rings. The lowest BCUT2D eigenvalue weighted by Gasteiger charge is -2.60. The van der Waals surface area contributed by atoms with Crippen LogP contribution in [-0.2, 0) is 19.4 Å². The summed E-state index contributed by atoms with van der Waals surface area (Å²) in [6, 6.07) is 16.8. The molecule has 2 aromatic carbocycles. The van der Waals surface area contributed by atoms with Crippen LogP contribution < -0.4 is 10.6 Å². The molecule has 3 nitrogen and oxygen atoms in total. The molecule has 8 rings (SSSR count). The highest BCUT2D eigenvalue weighted by Gasteiger charge is 2.58. The summed E-state index contributed by atoms with van der Waals surface area (Å²) in [6.45, 7) is 7.05. The van der Waals surface area contributed by atoms with Crippen LogP contribution in [0.2, 0.25) is 0 Å². The Labute approximate surface area is 318 Å². The number of hydrogen-bond acceptors (Lipinski definition) is 5. The van der Waals surface area contributed by atoms with E-state index in [2.05, 4.69) is 94.6 Å². The number of rotatable bonds is 3. The lowest BCUT2D eigenvalue weighted by molar-refractivity contribution is -0.0820. The van der Waals surface area contributed by atoms with Crippen LogP contribution in [0.25, 0.3) is 0 Å². The molecule has 0 aromatic heterocycles. The standard InChI is InChI=1S/C46H66N2OS2/c1-32-9-8-15-46(24-32)31-45(16-14-34(25-45)27-48-41-12-4-3-5-13-41)26-43-40-19-36-17-35(21-42(49)22-36)18-38-10-6-7-11-39(38)28-47-33(2)29-50-51-30-37(20-40)23-44(43)46/h6-8,10-11,15,17,21-22,32-34,37,40-41,43-44,47-49H,3-5,9,12-14,16,18-20,23-31H2,1-2H3/t32-,33+,34+,37-,40-,43+,44-,45-,46-/m0/s1. The van der Waals surface area contributed by atoms with Crippen LogP contribution in [0.4, 0.5) is 0 Å². The molecular weight excluding hydrogens is 661 g/mol. The minimum absolute atomic E-state index is 0.367. The Morgan fingerprint density at radius 2 is 1.73 bits per heavy atom. The maximum atomic E-state index is 11.2. The fraction of sp³-hybridized carbons (Fsp3) is 0.696. The van der Waals surface area contributed by atoms with Crippen LogP contribution in [0, 0.1) is 46.3 Å².